The number of ether oxygens (including phenoxy) is 1. The summed E-state index contributed by atoms with van der Waals surface area (Å²) < 4.78 is 37.2. The SMILES string of the molecule is O=C(Cc1cccs1)N1CCC2C1CCN2CC1CCOCC1.O=C(O)C(F)(F)F. The van der Waals surface area contributed by atoms with E-state index >= 15 is 0 Å². The van der Waals surface area contributed by atoms with Gasteiger partial charge in [-0.2, -0.15) is 13.2 Å². The molecule has 0 bridgehead atoms. The van der Waals surface area contributed by atoms with E-state index in [1.165, 1.54) is 24.3 Å². The lowest BCUT2D eigenvalue weighted by Gasteiger charge is -2.30. The summed E-state index contributed by atoms with van der Waals surface area (Å²) in [4.78, 5) is 27.6. The molecule has 0 saturated carbocycles. The topological polar surface area (TPSA) is 70.1 Å². The number of amides is 1. The molecule has 3 aliphatic rings. The number of carbonyl (C=O) groups is 2. The number of carboxylic acid groups (broad SMARTS) is 1. The molecule has 0 aromatic carbocycles. The highest BCUT2D eigenvalue weighted by Gasteiger charge is 2.44. The fourth-order valence-electron chi connectivity index (χ4n) is 4.54. The van der Waals surface area contributed by atoms with Gasteiger partial charge in [-0.05, 0) is 43.0 Å². The smallest absolute Gasteiger partial charge is 0.475 e. The van der Waals surface area contributed by atoms with Crippen LogP contribution >= 0.6 is 11.3 Å². The Morgan fingerprint density at radius 1 is 1.13 bits per heavy atom. The monoisotopic (exact) mass is 448 g/mol. The molecule has 3 aliphatic heterocycles. The van der Waals surface area contributed by atoms with Crippen LogP contribution in [0.2, 0.25) is 0 Å². The van der Waals surface area contributed by atoms with E-state index in [0.29, 0.717) is 24.4 Å². The summed E-state index contributed by atoms with van der Waals surface area (Å²) in [6.07, 6.45) is 0.221. The van der Waals surface area contributed by atoms with Crippen LogP contribution in [0.1, 0.15) is 30.6 Å². The third-order valence-electron chi connectivity index (χ3n) is 5.99. The summed E-state index contributed by atoms with van der Waals surface area (Å²) >= 11 is 1.69. The number of thiophene rings is 1. The first-order chi connectivity index (χ1) is 14.3. The molecule has 1 aromatic heterocycles. The number of hydrogen-bond donors (Lipinski definition) is 1. The van der Waals surface area contributed by atoms with Crippen molar-refractivity contribution in [2.45, 2.75) is 50.4 Å². The number of alkyl halides is 3. The minimum Gasteiger partial charge on any atom is -0.475 e. The van der Waals surface area contributed by atoms with E-state index in [-0.39, 0.29) is 0 Å². The summed E-state index contributed by atoms with van der Waals surface area (Å²) in [7, 11) is 0. The van der Waals surface area contributed by atoms with Gasteiger partial charge in [-0.3, -0.25) is 9.69 Å². The molecule has 2 unspecified atom stereocenters. The van der Waals surface area contributed by atoms with Crippen molar-refractivity contribution < 1.29 is 32.6 Å². The Morgan fingerprint density at radius 3 is 2.40 bits per heavy atom. The lowest BCUT2D eigenvalue weighted by Crippen LogP contribution is -2.41. The number of fused-ring (bicyclic) bond motifs is 1. The second-order valence-electron chi connectivity index (χ2n) is 7.91. The van der Waals surface area contributed by atoms with Gasteiger partial charge in [0.15, 0.2) is 0 Å². The van der Waals surface area contributed by atoms with Crippen LogP contribution in [0, 0.1) is 5.92 Å². The highest BCUT2D eigenvalue weighted by atomic mass is 32.1. The molecule has 6 nitrogen and oxygen atoms in total. The summed E-state index contributed by atoms with van der Waals surface area (Å²) in [5, 5.41) is 9.18. The average Bonchev–Trinajstić information content (AvgIpc) is 3.41. The fourth-order valence-corrected chi connectivity index (χ4v) is 5.23. The van der Waals surface area contributed by atoms with Crippen molar-refractivity contribution in [3.63, 3.8) is 0 Å². The molecule has 2 atom stereocenters. The van der Waals surface area contributed by atoms with Gasteiger partial charge in [0.2, 0.25) is 5.91 Å². The first-order valence-electron chi connectivity index (χ1n) is 10.2. The van der Waals surface area contributed by atoms with Crippen LogP contribution in [-0.2, 0) is 20.7 Å². The Morgan fingerprint density at radius 2 is 1.80 bits per heavy atom. The number of nitrogens with zero attached hydrogens (tertiary/aromatic N) is 2. The molecule has 0 spiro atoms. The van der Waals surface area contributed by atoms with Crippen molar-refractivity contribution in [1.82, 2.24) is 9.80 Å². The van der Waals surface area contributed by atoms with Crippen LogP contribution in [0.5, 0.6) is 0 Å². The van der Waals surface area contributed by atoms with E-state index in [2.05, 4.69) is 21.2 Å². The summed E-state index contributed by atoms with van der Waals surface area (Å²) in [5.74, 6) is -1.64. The van der Waals surface area contributed by atoms with Crippen molar-refractivity contribution in [1.29, 1.82) is 0 Å². The molecule has 0 radical (unpaired) electrons. The van der Waals surface area contributed by atoms with Gasteiger partial charge in [-0.15, -0.1) is 11.3 Å². The molecule has 30 heavy (non-hydrogen) atoms. The molecular weight excluding hydrogens is 421 g/mol. The Kier molecular flexibility index (Phi) is 7.75. The van der Waals surface area contributed by atoms with Gasteiger partial charge >= 0.3 is 12.1 Å². The van der Waals surface area contributed by atoms with Crippen LogP contribution in [0.3, 0.4) is 0 Å². The van der Waals surface area contributed by atoms with Gasteiger partial charge < -0.3 is 14.7 Å². The molecule has 4 heterocycles. The lowest BCUT2D eigenvalue weighted by atomic mass is 9.99. The second-order valence-corrected chi connectivity index (χ2v) is 8.94. The van der Waals surface area contributed by atoms with Gasteiger partial charge in [0.05, 0.1) is 6.42 Å². The standard InChI is InChI=1S/C18H26N2O2S.C2HF3O2/c21-18(12-15-2-1-11-23-15)20-8-4-16-17(20)3-7-19(16)13-14-5-9-22-10-6-14;3-2(4,5)1(6)7/h1-2,11,14,16-17H,3-10,12-13H2;(H,6,7). The first-order valence-corrected chi connectivity index (χ1v) is 11.1. The molecular formula is C20H27F3N2O4S. The van der Waals surface area contributed by atoms with Crippen LogP contribution < -0.4 is 0 Å². The van der Waals surface area contributed by atoms with E-state index < -0.39 is 12.1 Å². The lowest BCUT2D eigenvalue weighted by molar-refractivity contribution is -0.192. The second kappa shape index (κ2) is 10.1. The van der Waals surface area contributed by atoms with E-state index in [9.17, 15) is 18.0 Å². The third kappa shape index (κ3) is 5.95. The Labute approximate surface area is 177 Å². The van der Waals surface area contributed by atoms with E-state index in [4.69, 9.17) is 14.6 Å². The zero-order valence-electron chi connectivity index (χ0n) is 16.6. The van der Waals surface area contributed by atoms with Gasteiger partial charge in [0.25, 0.3) is 0 Å². The average molecular weight is 449 g/mol. The number of aliphatic carboxylic acids is 1. The Balaban J connectivity index is 0.000000318. The van der Waals surface area contributed by atoms with Crippen molar-refractivity contribution in [2.24, 2.45) is 5.92 Å². The normalized spacial score (nSPS) is 25.0. The molecule has 1 aromatic rings. The number of halogens is 3. The minimum atomic E-state index is -5.08. The van der Waals surface area contributed by atoms with Crippen LogP contribution in [0.4, 0.5) is 13.2 Å². The highest BCUT2D eigenvalue weighted by molar-refractivity contribution is 7.10. The Bertz CT molecular complexity index is 707. The summed E-state index contributed by atoms with van der Waals surface area (Å²) in [6.45, 7) is 5.17. The third-order valence-corrected chi connectivity index (χ3v) is 6.87. The molecule has 1 amide bonds. The predicted molar refractivity (Wildman–Crippen MR) is 105 cm³/mol. The van der Waals surface area contributed by atoms with E-state index in [1.807, 2.05) is 6.07 Å². The zero-order chi connectivity index (χ0) is 21.7. The molecule has 3 fully saturated rings. The van der Waals surface area contributed by atoms with Crippen LogP contribution in [-0.4, -0.2) is 77.9 Å². The van der Waals surface area contributed by atoms with Gasteiger partial charge in [0.1, 0.15) is 0 Å². The van der Waals surface area contributed by atoms with Crippen LogP contribution in [0.25, 0.3) is 0 Å². The largest absolute Gasteiger partial charge is 0.490 e. The molecule has 1 N–H and O–H groups in total. The van der Waals surface area contributed by atoms with Crippen molar-refractivity contribution in [3.8, 4) is 0 Å². The molecule has 168 valence electrons. The molecule has 0 aliphatic carbocycles. The van der Waals surface area contributed by atoms with E-state index in [0.717, 1.165) is 45.1 Å². The zero-order valence-corrected chi connectivity index (χ0v) is 17.5. The van der Waals surface area contributed by atoms with Crippen molar-refractivity contribution in [2.75, 3.05) is 32.8 Å². The van der Waals surface area contributed by atoms with Gasteiger partial charge in [0, 0.05) is 49.8 Å². The van der Waals surface area contributed by atoms with E-state index in [1.54, 1.807) is 11.3 Å². The minimum absolute atomic E-state index is 0.327. The molecule has 10 heteroatoms. The number of rotatable bonds is 4. The maximum Gasteiger partial charge on any atom is 0.490 e. The maximum absolute atomic E-state index is 12.6. The quantitative estimate of drug-likeness (QED) is 0.767. The fraction of sp³-hybridized carbons (Fsp3) is 0.700. The molecule has 4 rings (SSSR count). The highest BCUT2D eigenvalue weighted by Crippen LogP contribution is 2.33. The maximum atomic E-state index is 12.6. The number of carbonyl (C=O) groups excluding carboxylic acids is 1. The number of carboxylic acids is 1. The van der Waals surface area contributed by atoms with Gasteiger partial charge in [-0.25, -0.2) is 4.79 Å². The first kappa shape index (κ1) is 23.0. The predicted octanol–water partition coefficient (Wildman–Crippen LogP) is 3.03. The number of likely N-dealkylation sites (tertiary alicyclic amines) is 2. The van der Waals surface area contributed by atoms with Gasteiger partial charge in [-0.1, -0.05) is 6.07 Å². The number of hydrogen-bond acceptors (Lipinski definition) is 5. The summed E-state index contributed by atoms with van der Waals surface area (Å²) in [5.41, 5.74) is 0. The summed E-state index contributed by atoms with van der Waals surface area (Å²) in [6, 6.07) is 5.17. The Hall–Kier alpha value is -1.65. The van der Waals surface area contributed by atoms with Crippen molar-refractivity contribution >= 4 is 23.2 Å². The van der Waals surface area contributed by atoms with Crippen LogP contribution in [0.15, 0.2) is 17.5 Å². The van der Waals surface area contributed by atoms with Crippen molar-refractivity contribution in [3.05, 3.63) is 22.4 Å². The molecule has 3 saturated heterocycles.